The number of hydrogen-bond donors (Lipinski definition) is 0. The summed E-state index contributed by atoms with van der Waals surface area (Å²) in [7, 11) is 5.77. The Kier molecular flexibility index (Phi) is 5.97. The third kappa shape index (κ3) is 4.02. The third-order valence-electron chi connectivity index (χ3n) is 5.59. The van der Waals surface area contributed by atoms with Crippen molar-refractivity contribution in [2.24, 2.45) is 0 Å². The van der Waals surface area contributed by atoms with Crippen molar-refractivity contribution in [3.63, 3.8) is 0 Å². The smallest absolute Gasteiger partial charge is 0.227 e. The first-order valence-corrected chi connectivity index (χ1v) is 10.6. The van der Waals surface area contributed by atoms with E-state index < -0.39 is 0 Å². The minimum absolute atomic E-state index is 0.0212. The van der Waals surface area contributed by atoms with E-state index in [0.29, 0.717) is 29.4 Å². The summed E-state index contributed by atoms with van der Waals surface area (Å²) in [4.78, 5) is 21.8. The van der Waals surface area contributed by atoms with Crippen molar-refractivity contribution in [1.82, 2.24) is 14.5 Å². The second-order valence-electron chi connectivity index (χ2n) is 7.99. The Balaban J connectivity index is 1.66. The number of para-hydroxylation sites is 2. The van der Waals surface area contributed by atoms with Crippen molar-refractivity contribution in [3.05, 3.63) is 53.3 Å². The van der Waals surface area contributed by atoms with Gasteiger partial charge in [0, 0.05) is 30.5 Å². The number of carbonyl (C=O) groups excluding carboxylic acids is 1. The molecule has 1 atom stereocenters. The number of methoxy groups -OCH3 is 1. The summed E-state index contributed by atoms with van der Waals surface area (Å²) >= 11 is 6.20. The molecular weight excluding hydrogens is 400 g/mol. The van der Waals surface area contributed by atoms with Crippen LogP contribution in [0, 0.1) is 0 Å². The maximum atomic E-state index is 13.0. The number of halogens is 1. The third-order valence-corrected chi connectivity index (χ3v) is 5.83. The Hall–Kier alpha value is -2.57. The zero-order chi connectivity index (χ0) is 21.3. The highest BCUT2D eigenvalue weighted by molar-refractivity contribution is 6.31. The molecule has 1 fully saturated rings. The van der Waals surface area contributed by atoms with Crippen molar-refractivity contribution in [3.8, 4) is 5.75 Å². The number of imidazole rings is 1. The first-order chi connectivity index (χ1) is 14.5. The molecule has 1 aliphatic rings. The van der Waals surface area contributed by atoms with Gasteiger partial charge < -0.3 is 19.1 Å². The number of amides is 1. The van der Waals surface area contributed by atoms with E-state index in [2.05, 4.69) is 29.6 Å². The van der Waals surface area contributed by atoms with Crippen LogP contribution in [0.5, 0.6) is 5.75 Å². The molecule has 2 aromatic carbocycles. The largest absolute Gasteiger partial charge is 0.495 e. The second kappa shape index (κ2) is 8.66. The van der Waals surface area contributed by atoms with Gasteiger partial charge in [0.05, 0.1) is 23.8 Å². The van der Waals surface area contributed by atoms with E-state index in [1.807, 2.05) is 18.2 Å². The van der Waals surface area contributed by atoms with Crippen molar-refractivity contribution in [2.45, 2.75) is 25.3 Å². The number of aryl methyl sites for hydroxylation is 1. The first kappa shape index (κ1) is 20.7. The lowest BCUT2D eigenvalue weighted by Crippen LogP contribution is -2.25. The number of carbonyl (C=O) groups is 1. The molecule has 0 saturated carbocycles. The minimum atomic E-state index is 0.0212. The highest BCUT2D eigenvalue weighted by Gasteiger charge is 2.36. The van der Waals surface area contributed by atoms with Gasteiger partial charge in [-0.1, -0.05) is 23.7 Å². The molecule has 0 unspecified atom stereocenters. The zero-order valence-electron chi connectivity index (χ0n) is 17.6. The van der Waals surface area contributed by atoms with Crippen LogP contribution >= 0.6 is 11.6 Å². The second-order valence-corrected chi connectivity index (χ2v) is 8.43. The molecule has 0 N–H and O–H groups in total. The fourth-order valence-electron chi connectivity index (χ4n) is 4.17. The number of fused-ring (bicyclic) bond motifs is 1. The standard InChI is InChI=1S/C23H27ClN4O2/c1-26(2)11-6-12-27-19-8-5-4-7-18(19)25-23(27)16-13-22(29)28(15-16)20-14-17(24)9-10-21(20)30-3/h4-5,7-10,14,16H,6,11-13,15H2,1-3H3/t16-/m1/s1. The molecule has 0 aliphatic carbocycles. The zero-order valence-corrected chi connectivity index (χ0v) is 18.4. The average molecular weight is 427 g/mol. The van der Waals surface area contributed by atoms with Gasteiger partial charge in [-0.05, 0) is 57.4 Å². The molecule has 4 rings (SSSR count). The Morgan fingerprint density at radius 1 is 1.23 bits per heavy atom. The predicted molar refractivity (Wildman–Crippen MR) is 121 cm³/mol. The van der Waals surface area contributed by atoms with E-state index in [0.717, 1.165) is 36.4 Å². The fourth-order valence-corrected chi connectivity index (χ4v) is 4.34. The van der Waals surface area contributed by atoms with Crippen molar-refractivity contribution < 1.29 is 9.53 Å². The Bertz CT molecular complexity index is 1060. The molecule has 1 aromatic heterocycles. The molecule has 3 aromatic rings. The number of aromatic nitrogens is 2. The van der Waals surface area contributed by atoms with Crippen LogP contribution in [0.1, 0.15) is 24.6 Å². The number of benzene rings is 2. The summed E-state index contributed by atoms with van der Waals surface area (Å²) in [6.07, 6.45) is 1.44. The number of anilines is 1. The van der Waals surface area contributed by atoms with Crippen LogP contribution in [-0.4, -0.2) is 54.7 Å². The van der Waals surface area contributed by atoms with Gasteiger partial charge in [-0.2, -0.15) is 0 Å². The molecule has 1 amide bonds. The summed E-state index contributed by atoms with van der Waals surface area (Å²) in [5.74, 6) is 1.71. The summed E-state index contributed by atoms with van der Waals surface area (Å²) in [6.45, 7) is 2.44. The van der Waals surface area contributed by atoms with E-state index in [1.165, 1.54) is 0 Å². The highest BCUT2D eigenvalue weighted by Crippen LogP contribution is 2.38. The molecule has 2 heterocycles. The van der Waals surface area contributed by atoms with Gasteiger partial charge in [0.2, 0.25) is 5.91 Å². The molecule has 7 heteroatoms. The van der Waals surface area contributed by atoms with Crippen molar-refractivity contribution in [2.75, 3.05) is 39.2 Å². The molecule has 0 radical (unpaired) electrons. The summed E-state index contributed by atoms with van der Waals surface area (Å²) in [5.41, 5.74) is 2.81. The molecule has 158 valence electrons. The Labute approximate surface area is 182 Å². The van der Waals surface area contributed by atoms with Crippen LogP contribution in [-0.2, 0) is 11.3 Å². The lowest BCUT2D eigenvalue weighted by Gasteiger charge is -2.20. The molecular formula is C23H27ClN4O2. The maximum absolute atomic E-state index is 13.0. The van der Waals surface area contributed by atoms with Crippen molar-refractivity contribution >= 4 is 34.2 Å². The molecule has 1 aliphatic heterocycles. The Morgan fingerprint density at radius 2 is 2.03 bits per heavy atom. The molecule has 30 heavy (non-hydrogen) atoms. The van der Waals surface area contributed by atoms with Crippen LogP contribution in [0.15, 0.2) is 42.5 Å². The summed E-state index contributed by atoms with van der Waals surface area (Å²) in [5, 5.41) is 0.581. The van der Waals surface area contributed by atoms with E-state index >= 15 is 0 Å². The van der Waals surface area contributed by atoms with E-state index in [-0.39, 0.29) is 11.8 Å². The lowest BCUT2D eigenvalue weighted by atomic mass is 10.1. The molecule has 1 saturated heterocycles. The van der Waals surface area contributed by atoms with E-state index in [1.54, 1.807) is 30.2 Å². The van der Waals surface area contributed by atoms with E-state index in [4.69, 9.17) is 21.3 Å². The van der Waals surface area contributed by atoms with Gasteiger partial charge in [-0.25, -0.2) is 4.98 Å². The fraction of sp³-hybridized carbons (Fsp3) is 0.391. The van der Waals surface area contributed by atoms with Gasteiger partial charge in [0.1, 0.15) is 11.6 Å². The van der Waals surface area contributed by atoms with Gasteiger partial charge in [-0.3, -0.25) is 4.79 Å². The lowest BCUT2D eigenvalue weighted by molar-refractivity contribution is -0.117. The number of ether oxygens (including phenoxy) is 1. The molecule has 0 bridgehead atoms. The first-order valence-electron chi connectivity index (χ1n) is 10.2. The van der Waals surface area contributed by atoms with Crippen LogP contribution in [0.3, 0.4) is 0 Å². The van der Waals surface area contributed by atoms with Crippen LogP contribution < -0.4 is 9.64 Å². The highest BCUT2D eigenvalue weighted by atomic mass is 35.5. The predicted octanol–water partition coefficient (Wildman–Crippen LogP) is 4.17. The van der Waals surface area contributed by atoms with Gasteiger partial charge in [0.25, 0.3) is 0 Å². The van der Waals surface area contributed by atoms with Crippen LogP contribution in [0.2, 0.25) is 5.02 Å². The monoisotopic (exact) mass is 426 g/mol. The van der Waals surface area contributed by atoms with Crippen molar-refractivity contribution in [1.29, 1.82) is 0 Å². The number of hydrogen-bond acceptors (Lipinski definition) is 4. The SMILES string of the molecule is COc1ccc(Cl)cc1N1C[C@H](c2nc3ccccc3n2CCCN(C)C)CC1=O. The van der Waals surface area contributed by atoms with Gasteiger partial charge >= 0.3 is 0 Å². The maximum Gasteiger partial charge on any atom is 0.227 e. The topological polar surface area (TPSA) is 50.6 Å². The Morgan fingerprint density at radius 3 is 2.80 bits per heavy atom. The number of rotatable bonds is 7. The average Bonchev–Trinajstić information content (AvgIpc) is 3.28. The minimum Gasteiger partial charge on any atom is -0.495 e. The normalized spacial score (nSPS) is 16.8. The molecule has 0 spiro atoms. The van der Waals surface area contributed by atoms with Gasteiger partial charge in [-0.15, -0.1) is 0 Å². The van der Waals surface area contributed by atoms with Gasteiger partial charge in [0.15, 0.2) is 0 Å². The van der Waals surface area contributed by atoms with Crippen LogP contribution in [0.4, 0.5) is 5.69 Å². The van der Waals surface area contributed by atoms with Crippen LogP contribution in [0.25, 0.3) is 11.0 Å². The summed E-state index contributed by atoms with van der Waals surface area (Å²) < 4.78 is 7.76. The summed E-state index contributed by atoms with van der Waals surface area (Å²) in [6, 6.07) is 13.6. The number of nitrogens with zero attached hydrogens (tertiary/aromatic N) is 4. The molecule has 6 nitrogen and oxygen atoms in total. The quantitative estimate of drug-likeness (QED) is 0.569. The van der Waals surface area contributed by atoms with E-state index in [9.17, 15) is 4.79 Å².